The molecule has 0 spiro atoms. The van der Waals surface area contributed by atoms with E-state index in [2.05, 4.69) is 103 Å². The minimum absolute atomic E-state index is 0.152. The second kappa shape index (κ2) is 9.26. The Kier molecular flexibility index (Phi) is 6.14. The van der Waals surface area contributed by atoms with Crippen LogP contribution in [0.15, 0.2) is 85.5 Å². The lowest BCUT2D eigenvalue weighted by atomic mass is 9.64. The number of nitrogens with zero attached hydrogens (tertiary/aromatic N) is 1. The van der Waals surface area contributed by atoms with E-state index in [9.17, 15) is 4.79 Å². The molecule has 0 radical (unpaired) electrons. The SMILES string of the molecule is C=CCCOC(=O)Nc1cc2c3c(c1)[C@](C)(c1ccccc1)CCN3CC[C@@]2(C)c1ccccc1. The molecule has 2 aliphatic heterocycles. The third-order valence-corrected chi connectivity index (χ3v) is 8.00. The number of rotatable bonds is 6. The Morgan fingerprint density at radius 1 is 0.943 bits per heavy atom. The van der Waals surface area contributed by atoms with Crippen molar-refractivity contribution in [3.8, 4) is 0 Å². The molecule has 2 heterocycles. The number of nitrogens with one attached hydrogen (secondary N) is 1. The van der Waals surface area contributed by atoms with E-state index in [0.717, 1.165) is 31.6 Å². The van der Waals surface area contributed by atoms with E-state index < -0.39 is 6.09 Å². The van der Waals surface area contributed by atoms with Crippen molar-refractivity contribution < 1.29 is 9.53 Å². The first-order valence-corrected chi connectivity index (χ1v) is 12.6. The third-order valence-electron chi connectivity index (χ3n) is 8.00. The second-order valence-electron chi connectivity index (χ2n) is 10.1. The maximum absolute atomic E-state index is 12.6. The Hall–Kier alpha value is -3.53. The van der Waals surface area contributed by atoms with E-state index in [0.29, 0.717) is 13.0 Å². The lowest BCUT2D eigenvalue weighted by Crippen LogP contribution is -2.47. The average molecular weight is 467 g/mol. The molecule has 2 atom stereocenters. The van der Waals surface area contributed by atoms with Crippen LogP contribution in [0.4, 0.5) is 16.2 Å². The quantitative estimate of drug-likeness (QED) is 0.313. The zero-order valence-corrected chi connectivity index (χ0v) is 20.7. The van der Waals surface area contributed by atoms with Crippen molar-refractivity contribution in [2.75, 3.05) is 29.9 Å². The topological polar surface area (TPSA) is 41.6 Å². The van der Waals surface area contributed by atoms with E-state index in [1.54, 1.807) is 6.08 Å². The number of ether oxygens (including phenoxy) is 1. The predicted molar refractivity (Wildman–Crippen MR) is 143 cm³/mol. The number of carbonyl (C=O) groups is 1. The maximum atomic E-state index is 12.6. The summed E-state index contributed by atoms with van der Waals surface area (Å²) >= 11 is 0. The Labute approximate surface area is 208 Å². The zero-order chi connectivity index (χ0) is 24.5. The number of hydrogen-bond donors (Lipinski definition) is 1. The number of benzene rings is 3. The van der Waals surface area contributed by atoms with Crippen LogP contribution in [0.25, 0.3) is 0 Å². The Bertz CT molecular complexity index is 1140. The van der Waals surface area contributed by atoms with Crippen LogP contribution in [0.3, 0.4) is 0 Å². The van der Waals surface area contributed by atoms with Gasteiger partial charge in [-0.2, -0.15) is 0 Å². The van der Waals surface area contributed by atoms with Crippen molar-refractivity contribution >= 4 is 17.5 Å². The molecule has 0 saturated carbocycles. The van der Waals surface area contributed by atoms with E-state index in [-0.39, 0.29) is 10.8 Å². The first-order chi connectivity index (χ1) is 17.0. The van der Waals surface area contributed by atoms with Crippen molar-refractivity contribution in [3.63, 3.8) is 0 Å². The first-order valence-electron chi connectivity index (χ1n) is 12.6. The van der Waals surface area contributed by atoms with Gasteiger partial charge in [-0.25, -0.2) is 4.79 Å². The zero-order valence-electron chi connectivity index (χ0n) is 20.7. The molecule has 0 fully saturated rings. The van der Waals surface area contributed by atoms with Gasteiger partial charge in [-0.15, -0.1) is 6.58 Å². The van der Waals surface area contributed by atoms with Gasteiger partial charge in [0.05, 0.1) is 6.61 Å². The molecule has 3 aromatic rings. The predicted octanol–water partition coefficient (Wildman–Crippen LogP) is 7.04. The minimum atomic E-state index is -0.426. The molecule has 3 aromatic carbocycles. The molecule has 1 N–H and O–H groups in total. The fourth-order valence-electron chi connectivity index (χ4n) is 5.81. The van der Waals surface area contributed by atoms with Gasteiger partial charge in [0.15, 0.2) is 0 Å². The van der Waals surface area contributed by atoms with Crippen LogP contribution in [0.5, 0.6) is 0 Å². The minimum Gasteiger partial charge on any atom is -0.449 e. The van der Waals surface area contributed by atoms with Crippen molar-refractivity contribution in [1.82, 2.24) is 0 Å². The van der Waals surface area contributed by atoms with Crippen LogP contribution in [0, 0.1) is 0 Å². The van der Waals surface area contributed by atoms with E-state index in [4.69, 9.17) is 4.74 Å². The first kappa shape index (κ1) is 23.2. The highest BCUT2D eigenvalue weighted by molar-refractivity contribution is 5.87. The van der Waals surface area contributed by atoms with Gasteiger partial charge in [0, 0.05) is 35.3 Å². The summed E-state index contributed by atoms with van der Waals surface area (Å²) in [6.45, 7) is 10.8. The Morgan fingerprint density at radius 2 is 1.46 bits per heavy atom. The van der Waals surface area contributed by atoms with Gasteiger partial charge in [-0.1, -0.05) is 80.6 Å². The molecule has 0 aromatic heterocycles. The third kappa shape index (κ3) is 4.12. The second-order valence-corrected chi connectivity index (χ2v) is 10.1. The van der Waals surface area contributed by atoms with E-state index >= 15 is 0 Å². The summed E-state index contributed by atoms with van der Waals surface area (Å²) < 4.78 is 5.38. The van der Waals surface area contributed by atoms with Crippen molar-refractivity contribution in [2.45, 2.75) is 43.9 Å². The van der Waals surface area contributed by atoms with Gasteiger partial charge in [-0.3, -0.25) is 5.32 Å². The van der Waals surface area contributed by atoms with Crippen LogP contribution >= 0.6 is 0 Å². The normalized spacial score (nSPS) is 22.7. The molecule has 4 nitrogen and oxygen atoms in total. The Balaban J connectivity index is 1.67. The lowest BCUT2D eigenvalue weighted by Gasteiger charge is -2.50. The highest BCUT2D eigenvalue weighted by atomic mass is 16.5. The van der Waals surface area contributed by atoms with Crippen molar-refractivity contribution in [2.24, 2.45) is 0 Å². The summed E-state index contributed by atoms with van der Waals surface area (Å²) in [5, 5.41) is 3.03. The molecule has 0 aliphatic carbocycles. The summed E-state index contributed by atoms with van der Waals surface area (Å²) in [5.74, 6) is 0. The summed E-state index contributed by atoms with van der Waals surface area (Å²) in [6, 6.07) is 25.9. The van der Waals surface area contributed by atoms with Gasteiger partial charge in [0.25, 0.3) is 0 Å². The molecular formula is C31H34N2O2. The van der Waals surface area contributed by atoms with Crippen molar-refractivity contribution in [1.29, 1.82) is 0 Å². The fraction of sp³-hybridized carbons (Fsp3) is 0.323. The molecule has 2 aliphatic rings. The number of hydrogen-bond acceptors (Lipinski definition) is 3. The van der Waals surface area contributed by atoms with Crippen LogP contribution in [0.1, 0.15) is 55.4 Å². The molecule has 35 heavy (non-hydrogen) atoms. The van der Waals surface area contributed by atoms with Crippen molar-refractivity contribution in [3.05, 3.63) is 108 Å². The monoisotopic (exact) mass is 466 g/mol. The fourth-order valence-corrected chi connectivity index (χ4v) is 5.81. The standard InChI is InChI=1S/C31H34N2O2/c1-4-5-20-35-29(34)32-25-21-26-28-27(22-25)31(3,24-14-10-7-11-15-24)17-19-33(28)18-16-30(26,2)23-12-8-6-9-13-23/h4,6-15,21-22H,1,5,16-20H2,2-3H3,(H,32,34)/t30-,31-/m0/s1. The highest BCUT2D eigenvalue weighted by Crippen LogP contribution is 2.54. The average Bonchev–Trinajstić information content (AvgIpc) is 2.89. The van der Waals surface area contributed by atoms with Crippen LogP contribution in [-0.4, -0.2) is 25.8 Å². The van der Waals surface area contributed by atoms with E-state index in [1.165, 1.54) is 27.9 Å². The van der Waals surface area contributed by atoms with Crippen LogP contribution in [-0.2, 0) is 15.6 Å². The number of anilines is 2. The van der Waals surface area contributed by atoms with Gasteiger partial charge >= 0.3 is 6.09 Å². The van der Waals surface area contributed by atoms with Crippen LogP contribution < -0.4 is 10.2 Å². The number of amides is 1. The molecular weight excluding hydrogens is 432 g/mol. The molecule has 0 saturated heterocycles. The summed E-state index contributed by atoms with van der Waals surface area (Å²) in [6.07, 6.45) is 4.01. The highest BCUT2D eigenvalue weighted by Gasteiger charge is 2.45. The molecule has 0 unspecified atom stereocenters. The largest absolute Gasteiger partial charge is 0.449 e. The molecule has 0 bridgehead atoms. The van der Waals surface area contributed by atoms with Gasteiger partial charge in [0.1, 0.15) is 0 Å². The van der Waals surface area contributed by atoms with E-state index in [1.807, 2.05) is 0 Å². The summed E-state index contributed by atoms with van der Waals surface area (Å²) in [7, 11) is 0. The number of carbonyl (C=O) groups excluding carboxylic acids is 1. The molecule has 5 rings (SSSR count). The van der Waals surface area contributed by atoms with Crippen LogP contribution in [0.2, 0.25) is 0 Å². The molecule has 1 amide bonds. The summed E-state index contributed by atoms with van der Waals surface area (Å²) in [5.41, 5.74) is 6.97. The van der Waals surface area contributed by atoms with Gasteiger partial charge in [0.2, 0.25) is 0 Å². The van der Waals surface area contributed by atoms with Gasteiger partial charge in [-0.05, 0) is 53.6 Å². The summed E-state index contributed by atoms with van der Waals surface area (Å²) in [4.78, 5) is 15.2. The lowest BCUT2D eigenvalue weighted by molar-refractivity contribution is 0.163. The maximum Gasteiger partial charge on any atom is 0.411 e. The molecule has 4 heteroatoms. The van der Waals surface area contributed by atoms with Gasteiger partial charge < -0.3 is 9.64 Å². The Morgan fingerprint density at radius 3 is 1.94 bits per heavy atom. The molecule has 180 valence electrons. The smallest absolute Gasteiger partial charge is 0.411 e.